The molecule has 12 atom stereocenters. The molecule has 654 valence electrons. The Morgan fingerprint density at radius 3 is 1.34 bits per heavy atom. The third-order valence-corrected chi connectivity index (χ3v) is 20.9. The molecular weight excluding hydrogens is 1490 g/mol. The fourth-order valence-corrected chi connectivity index (χ4v) is 14.1. The van der Waals surface area contributed by atoms with E-state index in [2.05, 4.69) is 74.5 Å². The van der Waals surface area contributed by atoms with Gasteiger partial charge < -0.3 is 74.2 Å². The van der Waals surface area contributed by atoms with Gasteiger partial charge in [-0.2, -0.15) is 0 Å². The van der Waals surface area contributed by atoms with Crippen LogP contribution in [0.25, 0.3) is 0 Å². The van der Waals surface area contributed by atoms with E-state index >= 15 is 0 Å². The molecule has 9 rings (SSSR count). The summed E-state index contributed by atoms with van der Waals surface area (Å²) in [6.07, 6.45) is 9.31. The van der Waals surface area contributed by atoms with E-state index in [1.165, 1.54) is 4.90 Å². The monoisotopic (exact) mass is 1630 g/mol. The van der Waals surface area contributed by atoms with Crippen LogP contribution < -0.4 is 16.0 Å². The summed E-state index contributed by atoms with van der Waals surface area (Å²) in [6.45, 7) is 40.9. The van der Waals surface area contributed by atoms with Crippen molar-refractivity contribution < 1.29 is 96.2 Å². The maximum Gasteiger partial charge on any atom is 0.417 e. The van der Waals surface area contributed by atoms with Crippen LogP contribution in [0.15, 0.2) is 60.7 Å². The van der Waals surface area contributed by atoms with Crippen molar-refractivity contribution >= 4 is 71.8 Å². The molecule has 0 bridgehead atoms. The van der Waals surface area contributed by atoms with Gasteiger partial charge in [-0.1, -0.05) is 95.3 Å². The number of likely N-dealkylation sites (tertiary alicyclic amines) is 3. The van der Waals surface area contributed by atoms with Crippen LogP contribution in [-0.2, 0) is 80.0 Å². The van der Waals surface area contributed by atoms with Gasteiger partial charge in [-0.15, -0.1) is 0 Å². The smallest absolute Gasteiger partial charge is 0.417 e. The minimum absolute atomic E-state index is 0.0202. The molecule has 7 saturated heterocycles. The number of hydrogen-bond donors (Lipinski definition) is 5. The molecule has 2 aromatic carbocycles. The Morgan fingerprint density at radius 1 is 0.491 bits per heavy atom. The van der Waals surface area contributed by atoms with Crippen molar-refractivity contribution in [2.24, 2.45) is 0 Å². The topological polar surface area (TPSA) is 359 Å². The number of hydrogen-bond acceptors (Lipinski definition) is 22. The Labute approximate surface area is 689 Å². The summed E-state index contributed by atoms with van der Waals surface area (Å²) in [4.78, 5) is 156. The maximum absolute atomic E-state index is 13.1. The molecule has 0 spiro atoms. The number of benzene rings is 2. The minimum atomic E-state index is -0.952. The lowest BCUT2D eigenvalue weighted by Gasteiger charge is -2.40. The fourth-order valence-electron chi connectivity index (χ4n) is 14.1. The number of ketones is 1. The van der Waals surface area contributed by atoms with E-state index in [0.717, 1.165) is 126 Å². The van der Waals surface area contributed by atoms with Crippen LogP contribution in [0.1, 0.15) is 252 Å². The molecule has 7 fully saturated rings. The van der Waals surface area contributed by atoms with Gasteiger partial charge in [0.15, 0.2) is 0 Å². The molecule has 30 heteroatoms. The zero-order chi connectivity index (χ0) is 87.2. The number of Topliss-reactive ketones (excluding diaryl/α,β-unsaturated/α-hetero) is 1. The number of rotatable bonds is 19. The zero-order valence-corrected chi connectivity index (χ0v) is 73.3. The van der Waals surface area contributed by atoms with E-state index in [1.54, 1.807) is 74.1 Å². The van der Waals surface area contributed by atoms with E-state index in [0.29, 0.717) is 42.9 Å². The van der Waals surface area contributed by atoms with Gasteiger partial charge in [0.1, 0.15) is 71.6 Å². The summed E-state index contributed by atoms with van der Waals surface area (Å²) in [6, 6.07) is 17.2. The minimum Gasteiger partial charge on any atom is -0.480 e. The largest absolute Gasteiger partial charge is 0.480 e. The highest BCUT2D eigenvalue weighted by atomic mass is 16.6. The molecule has 7 heterocycles. The normalized spacial score (nSPS) is 23.8. The first-order valence-electron chi connectivity index (χ1n) is 41.7. The van der Waals surface area contributed by atoms with Gasteiger partial charge in [-0.25, -0.2) is 38.5 Å². The quantitative estimate of drug-likeness (QED) is 0.0644. The van der Waals surface area contributed by atoms with E-state index in [-0.39, 0.29) is 86.9 Å². The molecular formula is C86H140N10O20. The third-order valence-electron chi connectivity index (χ3n) is 20.9. The number of amides is 7. The average Bonchev–Trinajstić information content (AvgIpc) is 1.64. The Morgan fingerprint density at radius 2 is 0.922 bits per heavy atom. The second-order valence-electron chi connectivity index (χ2n) is 34.9. The number of carbonyl (C=O) groups excluding carboxylic acids is 10. The van der Waals surface area contributed by atoms with Gasteiger partial charge in [0.05, 0.1) is 6.04 Å². The third kappa shape index (κ3) is 34.2. The summed E-state index contributed by atoms with van der Waals surface area (Å²) >= 11 is 0. The highest BCUT2D eigenvalue weighted by molar-refractivity contribution is 5.99. The number of carboxylic acid groups (broad SMARTS) is 2. The number of nitrogens with zero attached hydrogens (tertiary/aromatic N) is 7. The first-order valence-corrected chi connectivity index (χ1v) is 41.7. The van der Waals surface area contributed by atoms with Crippen molar-refractivity contribution in [2.75, 3.05) is 53.4 Å². The molecule has 7 amide bonds. The Bertz CT molecular complexity index is 3490. The predicted molar refractivity (Wildman–Crippen MR) is 440 cm³/mol. The lowest BCUT2D eigenvalue weighted by molar-refractivity contribution is -0.152. The van der Waals surface area contributed by atoms with Crippen molar-refractivity contribution in [1.82, 2.24) is 50.2 Å². The average molecular weight is 1630 g/mol. The van der Waals surface area contributed by atoms with Crippen molar-refractivity contribution in [3.05, 3.63) is 71.8 Å². The summed E-state index contributed by atoms with van der Waals surface area (Å²) in [5.74, 6) is -2.84. The number of aliphatic carboxylic acids is 2. The van der Waals surface area contributed by atoms with Crippen LogP contribution in [-0.4, -0.2) is 265 Å². The highest BCUT2D eigenvalue weighted by Crippen LogP contribution is 2.32. The van der Waals surface area contributed by atoms with E-state index < -0.39 is 88.6 Å². The number of nitrogens with one attached hydrogen (secondary N) is 3. The Kier molecular flexibility index (Phi) is 40.6. The van der Waals surface area contributed by atoms with Crippen molar-refractivity contribution in [3.63, 3.8) is 0 Å². The van der Waals surface area contributed by atoms with Crippen LogP contribution in [0.4, 0.5) is 19.2 Å². The fraction of sp³-hybridized carbons (Fsp3) is 0.721. The van der Waals surface area contributed by atoms with Crippen molar-refractivity contribution in [2.45, 2.75) is 349 Å². The number of esters is 2. The number of carbonyl (C=O) groups is 12. The lowest BCUT2D eigenvalue weighted by atomic mass is 10.1. The van der Waals surface area contributed by atoms with Crippen LogP contribution in [0.2, 0.25) is 0 Å². The molecule has 7 aliphatic rings. The maximum atomic E-state index is 13.1. The molecule has 0 aromatic heterocycles. The second kappa shape index (κ2) is 47.2. The van der Waals surface area contributed by atoms with Gasteiger partial charge >= 0.3 is 48.3 Å². The summed E-state index contributed by atoms with van der Waals surface area (Å²) in [5.41, 5.74) is -0.875. The molecule has 2 aromatic rings. The van der Waals surface area contributed by atoms with Crippen molar-refractivity contribution in [1.29, 1.82) is 0 Å². The zero-order valence-electron chi connectivity index (χ0n) is 73.3. The Hall–Kier alpha value is -8.48. The number of alkyl carbamates (subject to hydrolysis) is 1. The molecule has 7 aliphatic heterocycles. The molecule has 0 aliphatic carbocycles. The van der Waals surface area contributed by atoms with Gasteiger partial charge in [0, 0.05) is 94.8 Å². The summed E-state index contributed by atoms with van der Waals surface area (Å²) < 4.78 is 31.7. The number of imide groups is 1. The van der Waals surface area contributed by atoms with Crippen LogP contribution in [0.5, 0.6) is 0 Å². The van der Waals surface area contributed by atoms with Gasteiger partial charge in [-0.05, 0) is 212 Å². The number of carboxylic acids is 2. The molecule has 0 saturated carbocycles. The van der Waals surface area contributed by atoms with E-state index in [4.69, 9.17) is 38.6 Å². The van der Waals surface area contributed by atoms with E-state index in [9.17, 15) is 57.5 Å². The van der Waals surface area contributed by atoms with Crippen LogP contribution in [0.3, 0.4) is 0 Å². The number of ether oxygens (including phenoxy) is 6. The van der Waals surface area contributed by atoms with Crippen LogP contribution in [0, 0.1) is 0 Å². The predicted octanol–water partition coefficient (Wildman–Crippen LogP) is 11.9. The standard InChI is InChI=1S/C19H27NO5.C18H33N3O3.C17H21NO5.C13H25N3O.C12H21NO4.C7H13NO2/c1-5-15(21)11-12-16(20-18(23)25-19(2,3)4)17(22)24-13-14-9-7-6-8-10-14;1-7-14-8-9-15(21(14)17(23)24-18(3,4)5)16(22)20-11-10-19(6)13(2)12-20;1-17(2,3)23-16(21)18-13(9-10-14(18)19)15(20)22-11-12-7-5-4-6-8-12;1-4-11-5-6-12(14-11)13(17)16-8-7-15(3)10(2)9-16;1-5-8-6-7-9(10(14)15)13(8)11(16)17-12(2,3)4;1-2-5-3-4-6(8-5)7(9)10/h6-10,16H,5,11-13H2,1-4H3,(H,20,23);13-15H,7-12H2,1-6H3;4-8,13H,9-11H2,1-3H3;10-12,14H,4-9H2,1-3H3;8-9H,5-7H2,1-4H3,(H,14,15);5-6,8H,2-4H2,1H3,(H,9,10)/t16-;13-,14+,15+;13-;10-,11+,12+;8-,9-;5-,6-/m010100/s1. The molecule has 0 unspecified atom stereocenters. The molecule has 30 nitrogen and oxygen atoms in total. The molecule has 5 N–H and O–H groups in total. The number of piperazine rings is 2. The first kappa shape index (κ1) is 99.9. The second-order valence-corrected chi connectivity index (χ2v) is 34.9. The number of likely N-dealkylation sites (N-methyl/N-ethyl adjacent to an activating group) is 2. The van der Waals surface area contributed by atoms with Gasteiger partial charge in [-0.3, -0.25) is 33.8 Å². The summed E-state index contributed by atoms with van der Waals surface area (Å²) in [5, 5.41) is 26.7. The molecule has 116 heavy (non-hydrogen) atoms. The van der Waals surface area contributed by atoms with Gasteiger partial charge in [0.25, 0.3) is 0 Å². The Balaban J connectivity index is 0.000000298. The highest BCUT2D eigenvalue weighted by Gasteiger charge is 2.47. The SMILES string of the molecule is CC(C)(C)OC(=O)N1C(=O)CC[C@H]1C(=O)OCc1ccccc1.CCC(=O)CC[C@H](NC(=O)OC(C)(C)C)C(=O)OCc1ccccc1.CC[C@H]1CC[C@@H](C(=O)N2CCN(C)[C@H](C)C2)N1.CC[C@H]1CC[C@@H](C(=O)N2CCN(C)[C@H](C)C2)N1C(=O)OC(C)(C)C.CC[C@H]1CC[C@@H](C(=O)O)N1.CC[C@H]1CC[C@@H](C(=O)O)N1C(=O)OC(C)(C)C. The van der Waals surface area contributed by atoms with Crippen molar-refractivity contribution in [3.8, 4) is 0 Å². The summed E-state index contributed by atoms with van der Waals surface area (Å²) in [7, 11) is 4.22. The lowest BCUT2D eigenvalue weighted by Crippen LogP contribution is -2.57. The van der Waals surface area contributed by atoms with E-state index in [1.807, 2.05) is 98.2 Å². The van der Waals surface area contributed by atoms with Gasteiger partial charge in [0.2, 0.25) is 17.7 Å². The molecule has 0 radical (unpaired) electrons. The van der Waals surface area contributed by atoms with Crippen LogP contribution >= 0.6 is 0 Å². The first-order chi connectivity index (χ1) is 54.2.